The van der Waals surface area contributed by atoms with E-state index in [0.717, 1.165) is 31.3 Å². The topological polar surface area (TPSA) is 59.4 Å². The monoisotopic (exact) mass is 408 g/mol. The summed E-state index contributed by atoms with van der Waals surface area (Å²) in [5.74, 6) is 0. The summed E-state index contributed by atoms with van der Waals surface area (Å²) in [6, 6.07) is 6.07. The van der Waals surface area contributed by atoms with Crippen LogP contribution >= 0.6 is 23.2 Å². The zero-order valence-corrected chi connectivity index (χ0v) is 16.6. The predicted octanol–water partition coefficient (Wildman–Crippen LogP) is 3.12. The molecule has 1 aromatic carbocycles. The van der Waals surface area contributed by atoms with Crippen LogP contribution in [0.25, 0.3) is 5.69 Å². The van der Waals surface area contributed by atoms with E-state index >= 15 is 0 Å². The summed E-state index contributed by atoms with van der Waals surface area (Å²) in [7, 11) is 0. The lowest BCUT2D eigenvalue weighted by Crippen LogP contribution is -2.46. The van der Waals surface area contributed by atoms with Gasteiger partial charge in [-0.3, -0.25) is 9.69 Å². The van der Waals surface area contributed by atoms with Gasteiger partial charge in [0.05, 0.1) is 30.3 Å². The molecular formula is C19H22Cl2N4O2. The molecule has 4 rings (SSSR count). The summed E-state index contributed by atoms with van der Waals surface area (Å²) >= 11 is 12.5. The maximum Gasteiger partial charge on any atom is 0.292 e. The Labute approximate surface area is 168 Å². The van der Waals surface area contributed by atoms with E-state index in [4.69, 9.17) is 27.9 Å². The highest BCUT2D eigenvalue weighted by Crippen LogP contribution is 2.28. The highest BCUT2D eigenvalue weighted by atomic mass is 35.5. The molecule has 0 radical (unpaired) electrons. The SMILES string of the molecule is Cc1ccc(-n2ncc(NCC3CN(C4CC4)CCO3)c(Cl)c2=O)cc1Cl. The number of aromatic nitrogens is 2. The van der Waals surface area contributed by atoms with Gasteiger partial charge in [0, 0.05) is 30.7 Å². The van der Waals surface area contributed by atoms with Gasteiger partial charge >= 0.3 is 0 Å². The van der Waals surface area contributed by atoms with E-state index in [1.807, 2.05) is 13.0 Å². The molecule has 27 heavy (non-hydrogen) atoms. The Balaban J connectivity index is 1.47. The average Bonchev–Trinajstić information content (AvgIpc) is 3.51. The van der Waals surface area contributed by atoms with Crippen LogP contribution in [-0.4, -0.2) is 53.1 Å². The molecular weight excluding hydrogens is 387 g/mol. The molecule has 2 fully saturated rings. The van der Waals surface area contributed by atoms with Crippen LogP contribution in [0.5, 0.6) is 0 Å². The Kier molecular flexibility index (Phi) is 5.41. The van der Waals surface area contributed by atoms with Gasteiger partial charge in [-0.05, 0) is 37.5 Å². The number of morpholine rings is 1. The number of halogens is 2. The van der Waals surface area contributed by atoms with Gasteiger partial charge in [0.25, 0.3) is 5.56 Å². The van der Waals surface area contributed by atoms with E-state index in [0.29, 0.717) is 22.9 Å². The minimum Gasteiger partial charge on any atom is -0.380 e. The number of aryl methyl sites for hydroxylation is 1. The molecule has 1 aliphatic carbocycles. The van der Waals surface area contributed by atoms with Gasteiger partial charge in [-0.25, -0.2) is 0 Å². The maximum absolute atomic E-state index is 12.6. The van der Waals surface area contributed by atoms with E-state index in [9.17, 15) is 4.79 Å². The first-order valence-corrected chi connectivity index (χ1v) is 9.92. The molecule has 2 heterocycles. The molecule has 1 aliphatic heterocycles. The summed E-state index contributed by atoms with van der Waals surface area (Å²) < 4.78 is 7.08. The van der Waals surface area contributed by atoms with Crippen molar-refractivity contribution < 1.29 is 4.74 Å². The largest absolute Gasteiger partial charge is 0.380 e. The van der Waals surface area contributed by atoms with Crippen LogP contribution in [0, 0.1) is 6.92 Å². The minimum atomic E-state index is -0.384. The molecule has 8 heteroatoms. The van der Waals surface area contributed by atoms with Gasteiger partial charge in [0.15, 0.2) is 0 Å². The van der Waals surface area contributed by atoms with Crippen molar-refractivity contribution in [3.8, 4) is 5.69 Å². The van der Waals surface area contributed by atoms with Crippen molar-refractivity contribution in [2.75, 3.05) is 31.6 Å². The molecule has 2 aromatic rings. The lowest BCUT2D eigenvalue weighted by molar-refractivity contribution is -0.0241. The van der Waals surface area contributed by atoms with E-state index in [2.05, 4.69) is 15.3 Å². The van der Waals surface area contributed by atoms with Crippen molar-refractivity contribution in [3.05, 3.63) is 50.4 Å². The van der Waals surface area contributed by atoms with Crippen LogP contribution in [0.15, 0.2) is 29.2 Å². The Morgan fingerprint density at radius 2 is 2.15 bits per heavy atom. The number of nitrogens with one attached hydrogen (secondary N) is 1. The second kappa shape index (κ2) is 7.80. The Morgan fingerprint density at radius 1 is 1.33 bits per heavy atom. The molecule has 1 unspecified atom stereocenters. The lowest BCUT2D eigenvalue weighted by atomic mass is 10.2. The molecule has 144 valence electrons. The zero-order chi connectivity index (χ0) is 19.0. The van der Waals surface area contributed by atoms with E-state index in [1.165, 1.54) is 17.5 Å². The smallest absolute Gasteiger partial charge is 0.292 e. The zero-order valence-electron chi connectivity index (χ0n) is 15.1. The first kappa shape index (κ1) is 18.7. The van der Waals surface area contributed by atoms with Crippen molar-refractivity contribution in [2.45, 2.75) is 31.9 Å². The molecule has 1 saturated heterocycles. The molecule has 1 N–H and O–H groups in total. The van der Waals surface area contributed by atoms with Crippen molar-refractivity contribution >= 4 is 28.9 Å². The van der Waals surface area contributed by atoms with Gasteiger partial charge in [-0.1, -0.05) is 29.3 Å². The third-order valence-electron chi connectivity index (χ3n) is 5.07. The number of anilines is 1. The molecule has 0 amide bonds. The quantitative estimate of drug-likeness (QED) is 0.823. The molecule has 0 bridgehead atoms. The van der Waals surface area contributed by atoms with Crippen molar-refractivity contribution in [3.63, 3.8) is 0 Å². The number of nitrogens with zero attached hydrogens (tertiary/aromatic N) is 3. The Hall–Kier alpha value is -1.60. The lowest BCUT2D eigenvalue weighted by Gasteiger charge is -2.33. The van der Waals surface area contributed by atoms with Crippen LogP contribution in [0.3, 0.4) is 0 Å². The van der Waals surface area contributed by atoms with Crippen molar-refractivity contribution in [1.82, 2.24) is 14.7 Å². The van der Waals surface area contributed by atoms with Gasteiger partial charge in [0.1, 0.15) is 5.02 Å². The summed E-state index contributed by atoms with van der Waals surface area (Å²) in [5, 5.41) is 8.15. The molecule has 2 aliphatic rings. The fourth-order valence-electron chi connectivity index (χ4n) is 3.31. The Morgan fingerprint density at radius 3 is 2.89 bits per heavy atom. The molecule has 1 aromatic heterocycles. The first-order valence-electron chi connectivity index (χ1n) is 9.17. The van der Waals surface area contributed by atoms with Crippen LogP contribution in [0.2, 0.25) is 10.0 Å². The van der Waals surface area contributed by atoms with E-state index in [1.54, 1.807) is 18.3 Å². The number of rotatable bonds is 5. The van der Waals surface area contributed by atoms with Crippen LogP contribution < -0.4 is 10.9 Å². The summed E-state index contributed by atoms with van der Waals surface area (Å²) in [4.78, 5) is 15.1. The normalized spacial score (nSPS) is 20.6. The molecule has 1 atom stereocenters. The van der Waals surface area contributed by atoms with Crippen LogP contribution in [0.1, 0.15) is 18.4 Å². The summed E-state index contributed by atoms with van der Waals surface area (Å²) in [5.41, 5.74) is 1.65. The standard InChI is InChI=1S/C19H22Cl2N4O2/c1-12-2-3-14(8-16(12)20)25-19(26)18(21)17(10-23-25)22-9-15-11-24(6-7-27-15)13-4-5-13/h2-3,8,10,13,15,22H,4-7,9,11H2,1H3. The van der Waals surface area contributed by atoms with Crippen molar-refractivity contribution in [2.24, 2.45) is 0 Å². The minimum absolute atomic E-state index is 0.0775. The van der Waals surface area contributed by atoms with Crippen molar-refractivity contribution in [1.29, 1.82) is 0 Å². The summed E-state index contributed by atoms with van der Waals surface area (Å²) in [6.45, 7) is 5.13. The predicted molar refractivity (Wildman–Crippen MR) is 107 cm³/mol. The third kappa shape index (κ3) is 4.14. The number of hydrogen-bond acceptors (Lipinski definition) is 5. The van der Waals surface area contributed by atoms with Gasteiger partial charge in [-0.2, -0.15) is 9.78 Å². The molecule has 6 nitrogen and oxygen atoms in total. The maximum atomic E-state index is 12.6. The highest BCUT2D eigenvalue weighted by molar-refractivity contribution is 6.33. The van der Waals surface area contributed by atoms with E-state index in [-0.39, 0.29) is 16.7 Å². The van der Waals surface area contributed by atoms with Gasteiger partial charge in [-0.15, -0.1) is 0 Å². The number of ether oxygens (including phenoxy) is 1. The van der Waals surface area contributed by atoms with E-state index < -0.39 is 0 Å². The average molecular weight is 409 g/mol. The fourth-order valence-corrected chi connectivity index (χ4v) is 3.68. The van der Waals surface area contributed by atoms with Gasteiger partial charge in [0.2, 0.25) is 0 Å². The molecule has 1 saturated carbocycles. The van der Waals surface area contributed by atoms with Crippen LogP contribution in [0.4, 0.5) is 5.69 Å². The number of benzene rings is 1. The molecule has 0 spiro atoms. The third-order valence-corrected chi connectivity index (χ3v) is 5.85. The highest BCUT2D eigenvalue weighted by Gasteiger charge is 2.32. The first-order chi connectivity index (χ1) is 13.0. The summed E-state index contributed by atoms with van der Waals surface area (Å²) in [6.07, 6.45) is 4.22. The second-order valence-electron chi connectivity index (χ2n) is 7.12. The number of hydrogen-bond donors (Lipinski definition) is 1. The van der Waals surface area contributed by atoms with Gasteiger partial charge < -0.3 is 10.1 Å². The second-order valence-corrected chi connectivity index (χ2v) is 7.91. The Bertz CT molecular complexity index is 898. The fraction of sp³-hybridized carbons (Fsp3) is 0.474. The van der Waals surface area contributed by atoms with Crippen LogP contribution in [-0.2, 0) is 4.74 Å².